The summed E-state index contributed by atoms with van der Waals surface area (Å²) in [6.45, 7) is 0.123. The SMILES string of the molecule is O=C(Cn1cccc1CO)Nc1ccc(Br)cc1. The first-order chi connectivity index (χ1) is 8.69. The lowest BCUT2D eigenvalue weighted by atomic mass is 10.3. The zero-order valence-electron chi connectivity index (χ0n) is 9.64. The molecule has 18 heavy (non-hydrogen) atoms. The fourth-order valence-electron chi connectivity index (χ4n) is 1.64. The van der Waals surface area contributed by atoms with Crippen molar-refractivity contribution in [2.24, 2.45) is 0 Å². The van der Waals surface area contributed by atoms with E-state index in [0.29, 0.717) is 0 Å². The van der Waals surface area contributed by atoms with E-state index in [1.165, 1.54) is 0 Å². The standard InChI is InChI=1S/C13H13BrN2O2/c14-10-3-5-11(6-4-10)15-13(18)8-16-7-1-2-12(16)9-17/h1-7,17H,8-9H2,(H,15,18). The molecule has 1 amide bonds. The molecule has 0 aliphatic carbocycles. The second-order valence-corrected chi connectivity index (χ2v) is 4.76. The van der Waals surface area contributed by atoms with Crippen LogP contribution in [0.15, 0.2) is 47.1 Å². The second-order valence-electron chi connectivity index (χ2n) is 3.84. The van der Waals surface area contributed by atoms with Crippen molar-refractivity contribution in [2.45, 2.75) is 13.2 Å². The summed E-state index contributed by atoms with van der Waals surface area (Å²) in [6.07, 6.45) is 1.77. The quantitative estimate of drug-likeness (QED) is 0.911. The molecule has 4 nitrogen and oxygen atoms in total. The van der Waals surface area contributed by atoms with Gasteiger partial charge in [0.1, 0.15) is 6.54 Å². The third-order valence-corrected chi connectivity index (χ3v) is 3.06. The van der Waals surface area contributed by atoms with E-state index in [1.54, 1.807) is 22.9 Å². The Hall–Kier alpha value is -1.59. The molecule has 0 aliphatic rings. The predicted molar refractivity (Wildman–Crippen MR) is 73.1 cm³/mol. The fraction of sp³-hybridized carbons (Fsp3) is 0.154. The first-order valence-corrected chi connectivity index (χ1v) is 6.28. The van der Waals surface area contributed by atoms with Gasteiger partial charge in [-0.1, -0.05) is 15.9 Å². The number of nitrogens with zero attached hydrogens (tertiary/aromatic N) is 1. The van der Waals surface area contributed by atoms with E-state index < -0.39 is 0 Å². The minimum absolute atomic E-state index is 0.0709. The van der Waals surface area contributed by atoms with Crippen LogP contribution in [0.2, 0.25) is 0 Å². The Morgan fingerprint density at radius 1 is 1.28 bits per heavy atom. The van der Waals surface area contributed by atoms with Crippen molar-refractivity contribution >= 4 is 27.5 Å². The minimum Gasteiger partial charge on any atom is -0.390 e. The van der Waals surface area contributed by atoms with Gasteiger partial charge in [-0.25, -0.2) is 0 Å². The van der Waals surface area contributed by atoms with Crippen molar-refractivity contribution < 1.29 is 9.90 Å². The zero-order chi connectivity index (χ0) is 13.0. The topological polar surface area (TPSA) is 54.3 Å². The first-order valence-electron chi connectivity index (χ1n) is 5.49. The summed E-state index contributed by atoms with van der Waals surface area (Å²) in [6, 6.07) is 11.0. The number of nitrogens with one attached hydrogen (secondary N) is 1. The number of aromatic nitrogens is 1. The average Bonchev–Trinajstić information content (AvgIpc) is 2.79. The molecule has 1 heterocycles. The number of aliphatic hydroxyl groups excluding tert-OH is 1. The third-order valence-electron chi connectivity index (χ3n) is 2.53. The van der Waals surface area contributed by atoms with Crippen LogP contribution in [-0.2, 0) is 17.9 Å². The number of anilines is 1. The van der Waals surface area contributed by atoms with Crippen molar-refractivity contribution in [3.05, 3.63) is 52.8 Å². The van der Waals surface area contributed by atoms with Gasteiger partial charge in [0, 0.05) is 22.1 Å². The molecular formula is C13H13BrN2O2. The van der Waals surface area contributed by atoms with Gasteiger partial charge in [-0.15, -0.1) is 0 Å². The largest absolute Gasteiger partial charge is 0.390 e. The third kappa shape index (κ3) is 3.21. The average molecular weight is 309 g/mol. The molecule has 0 aliphatic heterocycles. The van der Waals surface area contributed by atoms with Crippen LogP contribution in [0.4, 0.5) is 5.69 Å². The maximum absolute atomic E-state index is 11.8. The van der Waals surface area contributed by atoms with Gasteiger partial charge in [0.25, 0.3) is 0 Å². The van der Waals surface area contributed by atoms with Gasteiger partial charge in [0.2, 0.25) is 5.91 Å². The summed E-state index contributed by atoms with van der Waals surface area (Å²) in [4.78, 5) is 11.8. The van der Waals surface area contributed by atoms with Crippen molar-refractivity contribution in [1.29, 1.82) is 0 Å². The summed E-state index contributed by atoms with van der Waals surface area (Å²) in [5.74, 6) is -0.122. The lowest BCUT2D eigenvalue weighted by molar-refractivity contribution is -0.116. The lowest BCUT2D eigenvalue weighted by Gasteiger charge is -2.08. The van der Waals surface area contributed by atoms with Crippen molar-refractivity contribution in [1.82, 2.24) is 4.57 Å². The number of amides is 1. The Morgan fingerprint density at radius 3 is 2.67 bits per heavy atom. The van der Waals surface area contributed by atoms with E-state index in [1.807, 2.05) is 24.3 Å². The highest BCUT2D eigenvalue weighted by Crippen LogP contribution is 2.14. The number of benzene rings is 1. The van der Waals surface area contributed by atoms with E-state index in [0.717, 1.165) is 15.9 Å². The normalized spacial score (nSPS) is 10.3. The molecule has 0 saturated heterocycles. The summed E-state index contributed by atoms with van der Waals surface area (Å²) in [7, 11) is 0. The van der Waals surface area contributed by atoms with Gasteiger partial charge < -0.3 is 15.0 Å². The Kier molecular flexibility index (Phi) is 4.17. The van der Waals surface area contributed by atoms with Crippen LogP contribution in [0.3, 0.4) is 0 Å². The number of rotatable bonds is 4. The maximum atomic E-state index is 11.8. The molecule has 0 bridgehead atoms. The Labute approximate surface area is 113 Å². The molecule has 0 spiro atoms. The first kappa shape index (κ1) is 12.9. The van der Waals surface area contributed by atoms with Gasteiger partial charge in [0.05, 0.1) is 6.61 Å². The molecule has 0 atom stereocenters. The van der Waals surface area contributed by atoms with Gasteiger partial charge in [-0.2, -0.15) is 0 Å². The van der Waals surface area contributed by atoms with Crippen LogP contribution >= 0.6 is 15.9 Å². The highest BCUT2D eigenvalue weighted by atomic mass is 79.9. The molecule has 0 saturated carbocycles. The van der Waals surface area contributed by atoms with Crippen molar-refractivity contribution in [3.8, 4) is 0 Å². The molecule has 2 N–H and O–H groups in total. The zero-order valence-corrected chi connectivity index (χ0v) is 11.2. The van der Waals surface area contributed by atoms with Crippen LogP contribution < -0.4 is 5.32 Å². The Bertz CT molecular complexity index is 534. The smallest absolute Gasteiger partial charge is 0.244 e. The minimum atomic E-state index is -0.122. The fourth-order valence-corrected chi connectivity index (χ4v) is 1.90. The number of aliphatic hydroxyl groups is 1. The summed E-state index contributed by atoms with van der Waals surface area (Å²) in [5, 5.41) is 11.9. The molecule has 0 fully saturated rings. The number of carbonyl (C=O) groups is 1. The van der Waals surface area contributed by atoms with Crippen LogP contribution in [-0.4, -0.2) is 15.6 Å². The molecule has 2 aromatic rings. The van der Waals surface area contributed by atoms with E-state index in [9.17, 15) is 4.79 Å². The van der Waals surface area contributed by atoms with Gasteiger partial charge >= 0.3 is 0 Å². The van der Waals surface area contributed by atoms with Gasteiger partial charge in [0.15, 0.2) is 0 Å². The molecule has 0 radical (unpaired) electrons. The monoisotopic (exact) mass is 308 g/mol. The Balaban J connectivity index is 1.99. The molecule has 1 aromatic heterocycles. The lowest BCUT2D eigenvalue weighted by Crippen LogP contribution is -2.19. The second kappa shape index (κ2) is 5.84. The van der Waals surface area contributed by atoms with Crippen LogP contribution in [0.5, 0.6) is 0 Å². The molecule has 1 aromatic carbocycles. The van der Waals surface area contributed by atoms with Crippen molar-refractivity contribution in [3.63, 3.8) is 0 Å². The van der Waals surface area contributed by atoms with Gasteiger partial charge in [-0.3, -0.25) is 4.79 Å². The van der Waals surface area contributed by atoms with Crippen LogP contribution in [0.1, 0.15) is 5.69 Å². The molecule has 2 rings (SSSR count). The molecule has 94 valence electrons. The Morgan fingerprint density at radius 2 is 2.00 bits per heavy atom. The van der Waals surface area contributed by atoms with E-state index >= 15 is 0 Å². The van der Waals surface area contributed by atoms with Crippen molar-refractivity contribution in [2.75, 3.05) is 5.32 Å². The van der Waals surface area contributed by atoms with E-state index in [4.69, 9.17) is 5.11 Å². The highest BCUT2D eigenvalue weighted by Gasteiger charge is 2.06. The van der Waals surface area contributed by atoms with E-state index in [2.05, 4.69) is 21.2 Å². The molecular weight excluding hydrogens is 296 g/mol. The summed E-state index contributed by atoms with van der Waals surface area (Å²) in [5.41, 5.74) is 1.47. The summed E-state index contributed by atoms with van der Waals surface area (Å²) < 4.78 is 2.68. The number of carbonyl (C=O) groups excluding carboxylic acids is 1. The number of hydrogen-bond acceptors (Lipinski definition) is 2. The van der Waals surface area contributed by atoms with Crippen LogP contribution in [0, 0.1) is 0 Å². The number of hydrogen-bond donors (Lipinski definition) is 2. The van der Waals surface area contributed by atoms with Crippen LogP contribution in [0.25, 0.3) is 0 Å². The highest BCUT2D eigenvalue weighted by molar-refractivity contribution is 9.10. The molecule has 5 heteroatoms. The van der Waals surface area contributed by atoms with Gasteiger partial charge in [-0.05, 0) is 36.4 Å². The number of halogens is 1. The summed E-state index contributed by atoms with van der Waals surface area (Å²) >= 11 is 3.33. The predicted octanol–water partition coefficient (Wildman–Crippen LogP) is 2.38. The molecule has 0 unspecified atom stereocenters. The maximum Gasteiger partial charge on any atom is 0.244 e. The van der Waals surface area contributed by atoms with E-state index in [-0.39, 0.29) is 19.1 Å².